The predicted octanol–water partition coefficient (Wildman–Crippen LogP) is 1.22. The number of carbonyl (C=O) groups excluding carboxylic acids is 1. The summed E-state index contributed by atoms with van der Waals surface area (Å²) < 4.78 is 0. The maximum absolute atomic E-state index is 12.1. The predicted molar refractivity (Wildman–Crippen MR) is 71.2 cm³/mol. The molecular weight excluding hydrogens is 226 g/mol. The topological polar surface area (TPSA) is 45.2 Å². The van der Waals surface area contributed by atoms with E-state index in [1.807, 2.05) is 23.2 Å². The largest absolute Gasteiger partial charge is 0.340 e. The SMILES string of the molecule is CC1(C)CN(C(=O)CCc2cccnc2)CCN1. The van der Waals surface area contributed by atoms with Crippen LogP contribution in [0.5, 0.6) is 0 Å². The molecule has 2 rings (SSSR count). The minimum atomic E-state index is 0.0300. The van der Waals surface area contributed by atoms with Gasteiger partial charge in [0.1, 0.15) is 0 Å². The number of carbonyl (C=O) groups is 1. The van der Waals surface area contributed by atoms with E-state index in [9.17, 15) is 4.79 Å². The van der Waals surface area contributed by atoms with E-state index in [1.54, 1.807) is 6.20 Å². The molecule has 1 aliphatic heterocycles. The molecule has 4 nitrogen and oxygen atoms in total. The molecule has 0 spiro atoms. The summed E-state index contributed by atoms with van der Waals surface area (Å²) in [5.74, 6) is 0.244. The summed E-state index contributed by atoms with van der Waals surface area (Å²) in [6.45, 7) is 6.75. The van der Waals surface area contributed by atoms with Gasteiger partial charge < -0.3 is 10.2 Å². The van der Waals surface area contributed by atoms with Crippen molar-refractivity contribution in [2.24, 2.45) is 0 Å². The molecule has 98 valence electrons. The first kappa shape index (κ1) is 13.0. The van der Waals surface area contributed by atoms with Gasteiger partial charge in [-0.3, -0.25) is 9.78 Å². The smallest absolute Gasteiger partial charge is 0.223 e. The van der Waals surface area contributed by atoms with Crippen molar-refractivity contribution in [2.45, 2.75) is 32.2 Å². The zero-order valence-electron chi connectivity index (χ0n) is 11.1. The van der Waals surface area contributed by atoms with E-state index < -0.39 is 0 Å². The molecule has 1 aliphatic rings. The van der Waals surface area contributed by atoms with Crippen molar-refractivity contribution >= 4 is 5.91 Å². The maximum Gasteiger partial charge on any atom is 0.223 e. The van der Waals surface area contributed by atoms with E-state index in [1.165, 1.54) is 0 Å². The van der Waals surface area contributed by atoms with Crippen molar-refractivity contribution in [1.82, 2.24) is 15.2 Å². The van der Waals surface area contributed by atoms with Gasteiger partial charge in [0, 0.05) is 44.0 Å². The Hall–Kier alpha value is -1.42. The number of hydrogen-bond acceptors (Lipinski definition) is 3. The monoisotopic (exact) mass is 247 g/mol. The second-order valence-corrected chi connectivity index (χ2v) is 5.49. The molecule has 0 unspecified atom stereocenters. The summed E-state index contributed by atoms with van der Waals surface area (Å²) in [6.07, 6.45) is 4.93. The Morgan fingerprint density at radius 1 is 1.56 bits per heavy atom. The quantitative estimate of drug-likeness (QED) is 0.873. The van der Waals surface area contributed by atoms with Gasteiger partial charge in [-0.15, -0.1) is 0 Å². The Morgan fingerprint density at radius 3 is 3.06 bits per heavy atom. The van der Waals surface area contributed by atoms with Gasteiger partial charge in [-0.1, -0.05) is 6.07 Å². The third-order valence-corrected chi connectivity index (χ3v) is 3.27. The average Bonchev–Trinajstić information content (AvgIpc) is 2.36. The lowest BCUT2D eigenvalue weighted by atomic mass is 10.0. The van der Waals surface area contributed by atoms with Crippen LogP contribution in [0.15, 0.2) is 24.5 Å². The van der Waals surface area contributed by atoms with Crippen LogP contribution in [0.25, 0.3) is 0 Å². The zero-order valence-corrected chi connectivity index (χ0v) is 11.1. The number of piperazine rings is 1. The van der Waals surface area contributed by atoms with Gasteiger partial charge in [-0.2, -0.15) is 0 Å². The van der Waals surface area contributed by atoms with E-state index in [-0.39, 0.29) is 11.4 Å². The summed E-state index contributed by atoms with van der Waals surface area (Å²) in [6, 6.07) is 3.93. The number of pyridine rings is 1. The second-order valence-electron chi connectivity index (χ2n) is 5.49. The minimum Gasteiger partial charge on any atom is -0.340 e. The molecule has 0 saturated carbocycles. The van der Waals surface area contributed by atoms with Gasteiger partial charge in [0.05, 0.1) is 0 Å². The molecule has 0 aromatic carbocycles. The van der Waals surface area contributed by atoms with Crippen LogP contribution in [0.1, 0.15) is 25.8 Å². The lowest BCUT2D eigenvalue weighted by Gasteiger charge is -2.39. The first-order valence-corrected chi connectivity index (χ1v) is 6.48. The van der Waals surface area contributed by atoms with E-state index in [2.05, 4.69) is 24.1 Å². The first-order valence-electron chi connectivity index (χ1n) is 6.48. The molecular formula is C14H21N3O. The van der Waals surface area contributed by atoms with Crippen LogP contribution in [0.2, 0.25) is 0 Å². The van der Waals surface area contributed by atoms with Crippen molar-refractivity contribution in [3.8, 4) is 0 Å². The van der Waals surface area contributed by atoms with Crippen LogP contribution >= 0.6 is 0 Å². The third kappa shape index (κ3) is 3.53. The lowest BCUT2D eigenvalue weighted by Crippen LogP contribution is -2.58. The van der Waals surface area contributed by atoms with Gasteiger partial charge in [0.15, 0.2) is 0 Å². The fourth-order valence-corrected chi connectivity index (χ4v) is 2.31. The van der Waals surface area contributed by atoms with Crippen molar-refractivity contribution in [3.63, 3.8) is 0 Å². The number of nitrogens with zero attached hydrogens (tertiary/aromatic N) is 2. The number of amides is 1. The first-order chi connectivity index (χ1) is 8.57. The second kappa shape index (κ2) is 5.48. The fourth-order valence-electron chi connectivity index (χ4n) is 2.31. The van der Waals surface area contributed by atoms with E-state index in [0.717, 1.165) is 31.6 Å². The minimum absolute atomic E-state index is 0.0300. The Balaban J connectivity index is 1.85. The number of rotatable bonds is 3. The molecule has 0 aliphatic carbocycles. The molecule has 1 fully saturated rings. The van der Waals surface area contributed by atoms with Gasteiger partial charge in [-0.05, 0) is 31.9 Å². The van der Waals surface area contributed by atoms with Crippen molar-refractivity contribution in [3.05, 3.63) is 30.1 Å². The van der Waals surface area contributed by atoms with Gasteiger partial charge >= 0.3 is 0 Å². The molecule has 2 heterocycles. The molecule has 0 bridgehead atoms. The molecule has 1 N–H and O–H groups in total. The maximum atomic E-state index is 12.1. The number of aromatic nitrogens is 1. The van der Waals surface area contributed by atoms with Crippen molar-refractivity contribution in [1.29, 1.82) is 0 Å². The van der Waals surface area contributed by atoms with Crippen molar-refractivity contribution < 1.29 is 4.79 Å². The Morgan fingerprint density at radius 2 is 2.39 bits per heavy atom. The molecule has 1 amide bonds. The lowest BCUT2D eigenvalue weighted by molar-refractivity contribution is -0.133. The normalized spacial score (nSPS) is 18.7. The van der Waals surface area contributed by atoms with E-state index in [0.29, 0.717) is 6.42 Å². The Bertz CT molecular complexity index is 403. The van der Waals surface area contributed by atoms with Gasteiger partial charge in [0.2, 0.25) is 5.91 Å². The van der Waals surface area contributed by atoms with E-state index >= 15 is 0 Å². The number of hydrogen-bond donors (Lipinski definition) is 1. The molecule has 1 aromatic heterocycles. The Kier molecular flexibility index (Phi) is 3.97. The highest BCUT2D eigenvalue weighted by Gasteiger charge is 2.28. The summed E-state index contributed by atoms with van der Waals surface area (Å²) >= 11 is 0. The highest BCUT2D eigenvalue weighted by molar-refractivity contribution is 5.76. The third-order valence-electron chi connectivity index (χ3n) is 3.27. The summed E-state index contributed by atoms with van der Waals surface area (Å²) in [4.78, 5) is 18.2. The van der Waals surface area contributed by atoms with Crippen LogP contribution in [0, 0.1) is 0 Å². The number of aryl methyl sites for hydroxylation is 1. The van der Waals surface area contributed by atoms with Crippen LogP contribution in [-0.2, 0) is 11.2 Å². The van der Waals surface area contributed by atoms with Gasteiger partial charge in [-0.25, -0.2) is 0 Å². The molecule has 1 aromatic rings. The molecule has 0 atom stereocenters. The summed E-state index contributed by atoms with van der Waals surface area (Å²) in [5.41, 5.74) is 1.16. The summed E-state index contributed by atoms with van der Waals surface area (Å²) in [7, 11) is 0. The fraction of sp³-hybridized carbons (Fsp3) is 0.571. The zero-order chi connectivity index (χ0) is 13.0. The van der Waals surface area contributed by atoms with Gasteiger partial charge in [0.25, 0.3) is 0 Å². The highest BCUT2D eigenvalue weighted by atomic mass is 16.2. The molecule has 0 radical (unpaired) electrons. The number of nitrogens with one attached hydrogen (secondary N) is 1. The van der Waals surface area contributed by atoms with Crippen molar-refractivity contribution in [2.75, 3.05) is 19.6 Å². The highest BCUT2D eigenvalue weighted by Crippen LogP contribution is 2.12. The molecule has 18 heavy (non-hydrogen) atoms. The van der Waals surface area contributed by atoms with Crippen LogP contribution in [0.4, 0.5) is 0 Å². The van der Waals surface area contributed by atoms with Crippen LogP contribution in [-0.4, -0.2) is 41.0 Å². The van der Waals surface area contributed by atoms with E-state index in [4.69, 9.17) is 0 Å². The van der Waals surface area contributed by atoms with Crippen LogP contribution in [0.3, 0.4) is 0 Å². The average molecular weight is 247 g/mol. The van der Waals surface area contributed by atoms with Crippen LogP contribution < -0.4 is 5.32 Å². The standard InChI is InChI=1S/C14H21N3O/c1-14(2)11-17(9-8-16-14)13(18)6-5-12-4-3-7-15-10-12/h3-4,7,10,16H,5-6,8-9,11H2,1-2H3. The summed E-state index contributed by atoms with van der Waals surface area (Å²) in [5, 5.41) is 3.41. The molecule has 1 saturated heterocycles. The Labute approximate surface area is 108 Å². The molecule has 4 heteroatoms.